The summed E-state index contributed by atoms with van der Waals surface area (Å²) >= 11 is 0. The van der Waals surface area contributed by atoms with Gasteiger partial charge in [-0.05, 0) is 12.1 Å². The van der Waals surface area contributed by atoms with Gasteiger partial charge in [0.2, 0.25) is 23.4 Å². The lowest BCUT2D eigenvalue weighted by Gasteiger charge is -2.19. The fourth-order valence-corrected chi connectivity index (χ4v) is 3.25. The summed E-state index contributed by atoms with van der Waals surface area (Å²) in [5.74, 6) is -13.9. The van der Waals surface area contributed by atoms with E-state index >= 15 is 0 Å². The van der Waals surface area contributed by atoms with Crippen LogP contribution in [0.3, 0.4) is 0 Å². The van der Waals surface area contributed by atoms with Gasteiger partial charge in [-0.2, -0.15) is 8.78 Å². The molecule has 1 heterocycles. The number of hydrogen-bond acceptors (Lipinski definition) is 7. The third kappa shape index (κ3) is 6.81. The van der Waals surface area contributed by atoms with Gasteiger partial charge < -0.3 is 19.6 Å². The van der Waals surface area contributed by atoms with Crippen LogP contribution < -0.4 is 10.1 Å². The maximum Gasteiger partial charge on any atom is 0.305 e. The molecular weight excluding hydrogens is 516 g/mol. The molecule has 9 nitrogen and oxygen atoms in total. The molecule has 1 aromatic heterocycles. The number of aliphatic carboxylic acids is 1. The zero-order valence-corrected chi connectivity index (χ0v) is 19.7. The molecule has 3 rings (SSSR count). The quantitative estimate of drug-likeness (QED) is 0.203. The van der Waals surface area contributed by atoms with Gasteiger partial charge in [0.25, 0.3) is 0 Å². The molecule has 0 bridgehead atoms. The summed E-state index contributed by atoms with van der Waals surface area (Å²) < 4.78 is 64.0. The Labute approximate surface area is 212 Å². The number of rotatable bonds is 12. The van der Waals surface area contributed by atoms with Crippen molar-refractivity contribution in [3.8, 4) is 17.2 Å². The highest BCUT2D eigenvalue weighted by Gasteiger charge is 2.29. The first-order valence-corrected chi connectivity index (χ1v) is 11.0. The Hall–Kier alpha value is -4.55. The lowest BCUT2D eigenvalue weighted by atomic mass is 10.0. The maximum atomic E-state index is 13.8. The second-order valence-corrected chi connectivity index (χ2v) is 8.14. The Kier molecular flexibility index (Phi) is 8.94. The van der Waals surface area contributed by atoms with Crippen molar-refractivity contribution in [1.82, 2.24) is 10.3 Å². The fourth-order valence-electron chi connectivity index (χ4n) is 3.25. The molecule has 1 amide bonds. The summed E-state index contributed by atoms with van der Waals surface area (Å²) in [6.45, 7) is 0.119. The lowest BCUT2D eigenvalue weighted by Crippen LogP contribution is -2.46. The topological polar surface area (TPSA) is 136 Å². The highest BCUT2D eigenvalue weighted by atomic mass is 19.2. The lowest BCUT2D eigenvalue weighted by molar-refractivity contribution is -0.140. The number of benzene rings is 2. The Morgan fingerprint density at radius 3 is 2.26 bits per heavy atom. The van der Waals surface area contributed by atoms with Gasteiger partial charge in [-0.15, -0.1) is 0 Å². The summed E-state index contributed by atoms with van der Waals surface area (Å²) in [5, 5.41) is 11.2. The van der Waals surface area contributed by atoms with Crippen molar-refractivity contribution in [2.45, 2.75) is 25.8 Å². The summed E-state index contributed by atoms with van der Waals surface area (Å²) in [6, 6.07) is 6.91. The molecule has 200 valence electrons. The van der Waals surface area contributed by atoms with Crippen LogP contribution in [0.4, 0.5) is 17.6 Å². The molecule has 0 aliphatic carbocycles. The molecular formula is C25H20F4N2O7. The second kappa shape index (κ2) is 12.1. The highest BCUT2D eigenvalue weighted by Crippen LogP contribution is 2.26. The van der Waals surface area contributed by atoms with Crippen molar-refractivity contribution in [1.29, 1.82) is 0 Å². The first-order valence-electron chi connectivity index (χ1n) is 11.0. The van der Waals surface area contributed by atoms with Crippen LogP contribution in [0.2, 0.25) is 0 Å². The molecule has 0 aliphatic rings. The van der Waals surface area contributed by atoms with Crippen molar-refractivity contribution in [2.75, 3.05) is 6.61 Å². The van der Waals surface area contributed by atoms with Gasteiger partial charge in [0, 0.05) is 24.0 Å². The van der Waals surface area contributed by atoms with E-state index in [1.54, 1.807) is 30.3 Å². The van der Waals surface area contributed by atoms with E-state index < -0.39 is 77.4 Å². The average Bonchev–Trinajstić information content (AvgIpc) is 3.38. The van der Waals surface area contributed by atoms with Gasteiger partial charge in [-0.3, -0.25) is 19.2 Å². The van der Waals surface area contributed by atoms with Gasteiger partial charge in [-0.25, -0.2) is 13.8 Å². The molecule has 2 N–H and O–H groups in total. The number of hydrogen-bond donors (Lipinski definition) is 2. The molecule has 0 fully saturated rings. The number of amides is 1. The molecule has 13 heteroatoms. The van der Waals surface area contributed by atoms with E-state index in [0.717, 1.165) is 6.26 Å². The van der Waals surface area contributed by atoms with E-state index in [9.17, 15) is 36.7 Å². The smallest absolute Gasteiger partial charge is 0.305 e. The Morgan fingerprint density at radius 1 is 1.03 bits per heavy atom. The van der Waals surface area contributed by atoms with Crippen LogP contribution in [0.5, 0.6) is 5.75 Å². The van der Waals surface area contributed by atoms with Gasteiger partial charge in [0.05, 0.1) is 6.42 Å². The molecule has 0 aliphatic heterocycles. The van der Waals surface area contributed by atoms with Gasteiger partial charge >= 0.3 is 5.97 Å². The maximum absolute atomic E-state index is 13.8. The number of ether oxygens (including phenoxy) is 1. The van der Waals surface area contributed by atoms with E-state index in [4.69, 9.17) is 9.52 Å². The molecule has 0 unspecified atom stereocenters. The van der Waals surface area contributed by atoms with Crippen molar-refractivity contribution >= 4 is 23.4 Å². The SMILES string of the molecule is C[C@H](CC(=O)c1coc(-c2ccccc2)n1)C(=O)N[C@@H](CC(=O)O)C(=O)COc1c(F)c(F)cc(F)c1F. The third-order valence-corrected chi connectivity index (χ3v) is 5.26. The van der Waals surface area contributed by atoms with Crippen molar-refractivity contribution in [3.05, 3.63) is 71.6 Å². The molecule has 2 aromatic carbocycles. The Bertz CT molecular complexity index is 1330. The van der Waals surface area contributed by atoms with Crippen LogP contribution in [0.15, 0.2) is 47.1 Å². The molecule has 38 heavy (non-hydrogen) atoms. The van der Waals surface area contributed by atoms with Crippen LogP contribution in [-0.4, -0.2) is 46.2 Å². The average molecular weight is 536 g/mol. The number of carboxylic acid groups (broad SMARTS) is 1. The van der Waals surface area contributed by atoms with Crippen LogP contribution >= 0.6 is 0 Å². The summed E-state index contributed by atoms with van der Waals surface area (Å²) in [6.07, 6.45) is -0.201. The molecule has 0 radical (unpaired) electrons. The van der Waals surface area contributed by atoms with Crippen molar-refractivity contribution in [3.63, 3.8) is 0 Å². The van der Waals surface area contributed by atoms with Crippen LogP contribution in [-0.2, 0) is 14.4 Å². The third-order valence-electron chi connectivity index (χ3n) is 5.26. The molecule has 3 aromatic rings. The van der Waals surface area contributed by atoms with E-state index in [0.29, 0.717) is 5.56 Å². The predicted octanol–water partition coefficient (Wildman–Crippen LogP) is 3.71. The zero-order chi connectivity index (χ0) is 28.0. The van der Waals surface area contributed by atoms with Crippen molar-refractivity contribution < 1.29 is 51.0 Å². The number of carbonyl (C=O) groups excluding carboxylic acids is 3. The Morgan fingerprint density at radius 2 is 1.66 bits per heavy atom. The number of halogens is 4. The van der Waals surface area contributed by atoms with Crippen LogP contribution in [0.1, 0.15) is 30.3 Å². The summed E-state index contributed by atoms with van der Waals surface area (Å²) in [5.41, 5.74) is 0.566. The molecule has 0 saturated heterocycles. The minimum absolute atomic E-state index is 0.0542. The number of nitrogens with zero attached hydrogens (tertiary/aromatic N) is 1. The normalized spacial score (nSPS) is 12.4. The van der Waals surface area contributed by atoms with E-state index in [1.165, 1.54) is 6.92 Å². The minimum atomic E-state index is -1.90. The van der Waals surface area contributed by atoms with E-state index in [1.807, 2.05) is 0 Å². The first-order chi connectivity index (χ1) is 18.0. The number of Topliss-reactive ketones (excluding diaryl/α,β-unsaturated/α-hetero) is 2. The largest absolute Gasteiger partial charge is 0.481 e. The number of oxazole rings is 1. The second-order valence-electron chi connectivity index (χ2n) is 8.14. The fraction of sp³-hybridized carbons (Fsp3) is 0.240. The monoisotopic (exact) mass is 536 g/mol. The predicted molar refractivity (Wildman–Crippen MR) is 121 cm³/mol. The zero-order valence-electron chi connectivity index (χ0n) is 19.7. The van der Waals surface area contributed by atoms with Gasteiger partial charge in [0.15, 0.2) is 29.0 Å². The summed E-state index contributed by atoms with van der Waals surface area (Å²) in [4.78, 5) is 52.9. The molecule has 2 atom stereocenters. The summed E-state index contributed by atoms with van der Waals surface area (Å²) in [7, 11) is 0. The van der Waals surface area contributed by atoms with Crippen LogP contribution in [0.25, 0.3) is 11.5 Å². The highest BCUT2D eigenvalue weighted by molar-refractivity contribution is 5.98. The molecule has 0 spiro atoms. The van der Waals surface area contributed by atoms with Gasteiger partial charge in [0.1, 0.15) is 24.6 Å². The number of carboxylic acids is 1. The van der Waals surface area contributed by atoms with Gasteiger partial charge in [-0.1, -0.05) is 25.1 Å². The van der Waals surface area contributed by atoms with Crippen LogP contribution in [0, 0.1) is 29.2 Å². The number of carbonyl (C=O) groups is 4. The van der Waals surface area contributed by atoms with Crippen molar-refractivity contribution in [2.24, 2.45) is 5.92 Å². The Balaban J connectivity index is 1.63. The minimum Gasteiger partial charge on any atom is -0.481 e. The first kappa shape index (κ1) is 28.0. The number of ketones is 2. The number of nitrogens with one attached hydrogen (secondary N) is 1. The van der Waals surface area contributed by atoms with E-state index in [-0.39, 0.29) is 24.1 Å². The van der Waals surface area contributed by atoms with E-state index in [2.05, 4.69) is 15.0 Å². The number of aromatic nitrogens is 1. The molecule has 0 saturated carbocycles. The standard InChI is InChI=1S/C25H20F4N2O7/c1-12(7-18(32)17-10-38-25(31-17)13-5-3-2-4-6-13)24(36)30-16(9-20(34)35)19(33)11-37-23-21(28)14(26)8-15(27)22(23)29/h2-6,8,10,12,16H,7,9,11H2,1H3,(H,30,36)(H,34,35)/t12-,16+/m1/s1.